The Bertz CT molecular complexity index is 762. The molecule has 4 rings (SSSR count). The lowest BCUT2D eigenvalue weighted by Gasteiger charge is -2.30. The van der Waals surface area contributed by atoms with Crippen molar-refractivity contribution in [2.24, 2.45) is 0 Å². The van der Waals surface area contributed by atoms with Crippen molar-refractivity contribution >= 4 is 33.6 Å². The minimum absolute atomic E-state index is 0.0760. The summed E-state index contributed by atoms with van der Waals surface area (Å²) in [6.07, 6.45) is 0.869. The molecule has 4 nitrogen and oxygen atoms in total. The first-order chi connectivity index (χ1) is 11.0. The van der Waals surface area contributed by atoms with E-state index in [1.54, 1.807) is 22.7 Å². The van der Waals surface area contributed by atoms with Crippen LogP contribution in [0.1, 0.15) is 51.3 Å². The van der Waals surface area contributed by atoms with Gasteiger partial charge in [-0.3, -0.25) is 9.69 Å². The highest BCUT2D eigenvalue weighted by molar-refractivity contribution is 7.16. The molecule has 2 aliphatic rings. The molecule has 0 saturated carbocycles. The van der Waals surface area contributed by atoms with Crippen molar-refractivity contribution in [3.05, 3.63) is 37.9 Å². The molecule has 4 heterocycles. The molecule has 0 aromatic carbocycles. The Morgan fingerprint density at radius 3 is 2.87 bits per heavy atom. The molecule has 23 heavy (non-hydrogen) atoms. The van der Waals surface area contributed by atoms with Crippen LogP contribution in [0.15, 0.2) is 11.4 Å². The van der Waals surface area contributed by atoms with Crippen molar-refractivity contribution in [2.45, 2.75) is 45.9 Å². The van der Waals surface area contributed by atoms with E-state index in [2.05, 4.69) is 47.8 Å². The SMILES string of the molecule is Cc1ccsc1[C@@H]1NC(=O)c2c(sc3c2CCN(C(C)C)C3)N1. The van der Waals surface area contributed by atoms with Crippen LogP contribution < -0.4 is 10.6 Å². The molecule has 2 aromatic heterocycles. The molecule has 1 amide bonds. The number of rotatable bonds is 2. The molecule has 122 valence electrons. The molecule has 1 atom stereocenters. The fraction of sp³-hybridized carbons (Fsp3) is 0.471. The molecular weight excluding hydrogens is 326 g/mol. The summed E-state index contributed by atoms with van der Waals surface area (Å²) in [4.78, 5) is 17.7. The maximum absolute atomic E-state index is 12.7. The van der Waals surface area contributed by atoms with Gasteiger partial charge in [-0.1, -0.05) is 0 Å². The summed E-state index contributed by atoms with van der Waals surface area (Å²) in [7, 11) is 0. The van der Waals surface area contributed by atoms with Gasteiger partial charge in [-0.2, -0.15) is 0 Å². The lowest BCUT2D eigenvalue weighted by molar-refractivity contribution is 0.0935. The lowest BCUT2D eigenvalue weighted by atomic mass is 10.00. The van der Waals surface area contributed by atoms with Gasteiger partial charge in [-0.15, -0.1) is 22.7 Å². The van der Waals surface area contributed by atoms with E-state index in [-0.39, 0.29) is 12.1 Å². The summed E-state index contributed by atoms with van der Waals surface area (Å²) in [6, 6.07) is 2.65. The minimum atomic E-state index is -0.101. The Morgan fingerprint density at radius 1 is 1.35 bits per heavy atom. The van der Waals surface area contributed by atoms with Crippen LogP contribution in [0.2, 0.25) is 0 Å². The van der Waals surface area contributed by atoms with Crippen LogP contribution in [0.25, 0.3) is 0 Å². The van der Waals surface area contributed by atoms with E-state index in [1.165, 1.54) is 20.9 Å². The van der Waals surface area contributed by atoms with Crippen LogP contribution in [0, 0.1) is 6.92 Å². The Kier molecular flexibility index (Phi) is 3.70. The van der Waals surface area contributed by atoms with Crippen molar-refractivity contribution in [2.75, 3.05) is 11.9 Å². The molecule has 6 heteroatoms. The van der Waals surface area contributed by atoms with Crippen molar-refractivity contribution in [3.63, 3.8) is 0 Å². The van der Waals surface area contributed by atoms with E-state index in [0.29, 0.717) is 6.04 Å². The summed E-state index contributed by atoms with van der Waals surface area (Å²) in [6.45, 7) is 8.56. The highest BCUT2D eigenvalue weighted by atomic mass is 32.1. The first kappa shape index (κ1) is 15.2. The number of amides is 1. The second-order valence-corrected chi connectivity index (χ2v) is 8.59. The van der Waals surface area contributed by atoms with E-state index in [9.17, 15) is 4.79 Å². The highest BCUT2D eigenvalue weighted by Gasteiger charge is 2.34. The number of anilines is 1. The summed E-state index contributed by atoms with van der Waals surface area (Å²) in [5.74, 6) is 0.0760. The van der Waals surface area contributed by atoms with Gasteiger partial charge in [0.05, 0.1) is 5.56 Å². The number of fused-ring (bicyclic) bond motifs is 3. The number of nitrogens with zero attached hydrogens (tertiary/aromatic N) is 1. The van der Waals surface area contributed by atoms with E-state index >= 15 is 0 Å². The molecular formula is C17H21N3OS2. The second-order valence-electron chi connectivity index (χ2n) is 6.54. The van der Waals surface area contributed by atoms with Crippen molar-refractivity contribution < 1.29 is 4.79 Å². The smallest absolute Gasteiger partial charge is 0.256 e. The average Bonchev–Trinajstić information content (AvgIpc) is 3.09. The standard InChI is InChI=1S/C17H21N3OS2/c1-9(2)20-6-4-11-12(8-20)23-17-13(11)16(21)18-15(19-17)14-10(3)5-7-22-14/h5,7,9,15,19H,4,6,8H2,1-3H3,(H,18,21)/t15-/m1/s1. The number of hydrogen-bond donors (Lipinski definition) is 2. The van der Waals surface area contributed by atoms with Gasteiger partial charge < -0.3 is 10.6 Å². The molecule has 0 aliphatic carbocycles. The third-order valence-electron chi connectivity index (χ3n) is 4.76. The topological polar surface area (TPSA) is 44.4 Å². The predicted molar refractivity (Wildman–Crippen MR) is 96.5 cm³/mol. The molecule has 0 saturated heterocycles. The Morgan fingerprint density at radius 2 is 2.17 bits per heavy atom. The minimum Gasteiger partial charge on any atom is -0.352 e. The van der Waals surface area contributed by atoms with Gasteiger partial charge in [0.2, 0.25) is 0 Å². The van der Waals surface area contributed by atoms with Crippen molar-refractivity contribution in [1.29, 1.82) is 0 Å². The quantitative estimate of drug-likeness (QED) is 0.870. The van der Waals surface area contributed by atoms with Crippen molar-refractivity contribution in [3.8, 4) is 0 Å². The molecule has 0 fully saturated rings. The Labute approximate surface area is 144 Å². The summed E-state index contributed by atoms with van der Waals surface area (Å²) >= 11 is 3.45. The van der Waals surface area contributed by atoms with Gasteiger partial charge in [0.15, 0.2) is 0 Å². The van der Waals surface area contributed by atoms with Crippen LogP contribution in [0.4, 0.5) is 5.00 Å². The highest BCUT2D eigenvalue weighted by Crippen LogP contribution is 2.41. The zero-order chi connectivity index (χ0) is 16.1. The molecule has 0 radical (unpaired) electrons. The number of thiophene rings is 2. The first-order valence-electron chi connectivity index (χ1n) is 8.04. The van der Waals surface area contributed by atoms with Crippen LogP contribution in [-0.2, 0) is 13.0 Å². The molecule has 0 spiro atoms. The van der Waals surface area contributed by atoms with Gasteiger partial charge in [-0.05, 0) is 49.8 Å². The third-order valence-corrected chi connectivity index (χ3v) is 6.99. The van der Waals surface area contributed by atoms with E-state index in [4.69, 9.17) is 0 Å². The number of carbonyl (C=O) groups excluding carboxylic acids is 1. The molecule has 0 unspecified atom stereocenters. The average molecular weight is 348 g/mol. The van der Waals surface area contributed by atoms with E-state index in [0.717, 1.165) is 30.1 Å². The molecule has 2 aromatic rings. The Balaban J connectivity index is 1.67. The second kappa shape index (κ2) is 5.61. The fourth-order valence-corrected chi connectivity index (χ4v) is 5.61. The zero-order valence-electron chi connectivity index (χ0n) is 13.6. The first-order valence-corrected chi connectivity index (χ1v) is 9.74. The van der Waals surface area contributed by atoms with Crippen molar-refractivity contribution in [1.82, 2.24) is 10.2 Å². The van der Waals surface area contributed by atoms with Crippen LogP contribution in [0.3, 0.4) is 0 Å². The maximum Gasteiger partial charge on any atom is 0.256 e. The molecule has 2 aliphatic heterocycles. The molecule has 2 N–H and O–H groups in total. The number of carbonyl (C=O) groups is 1. The van der Waals surface area contributed by atoms with Gasteiger partial charge in [0.1, 0.15) is 11.2 Å². The normalized spacial score (nSPS) is 20.9. The van der Waals surface area contributed by atoms with Crippen LogP contribution >= 0.6 is 22.7 Å². The predicted octanol–water partition coefficient (Wildman–Crippen LogP) is 3.74. The maximum atomic E-state index is 12.7. The fourth-order valence-electron chi connectivity index (χ4n) is 3.39. The monoisotopic (exact) mass is 347 g/mol. The number of aryl methyl sites for hydroxylation is 1. The largest absolute Gasteiger partial charge is 0.352 e. The zero-order valence-corrected chi connectivity index (χ0v) is 15.2. The third kappa shape index (κ3) is 2.49. The van der Waals surface area contributed by atoms with E-state index < -0.39 is 0 Å². The van der Waals surface area contributed by atoms with Gasteiger partial charge in [0.25, 0.3) is 5.91 Å². The number of nitrogens with one attached hydrogen (secondary N) is 2. The van der Waals surface area contributed by atoms with Gasteiger partial charge in [0, 0.05) is 28.9 Å². The van der Waals surface area contributed by atoms with Gasteiger partial charge >= 0.3 is 0 Å². The summed E-state index contributed by atoms with van der Waals surface area (Å²) in [5.41, 5.74) is 3.37. The molecule has 0 bridgehead atoms. The van der Waals surface area contributed by atoms with Crippen LogP contribution in [-0.4, -0.2) is 23.4 Å². The summed E-state index contributed by atoms with van der Waals surface area (Å²) in [5, 5.41) is 9.81. The Hall–Kier alpha value is -1.37. The van der Waals surface area contributed by atoms with Crippen LogP contribution in [0.5, 0.6) is 0 Å². The lowest BCUT2D eigenvalue weighted by Crippen LogP contribution is -2.39. The van der Waals surface area contributed by atoms with E-state index in [1.807, 2.05) is 0 Å². The summed E-state index contributed by atoms with van der Waals surface area (Å²) < 4.78 is 0. The van der Waals surface area contributed by atoms with Gasteiger partial charge in [-0.25, -0.2) is 0 Å². The number of hydrogen-bond acceptors (Lipinski definition) is 5.